The number of hydrogen-bond acceptors (Lipinski definition) is 7. The maximum absolute atomic E-state index is 13.7. The highest BCUT2D eigenvalue weighted by molar-refractivity contribution is 5.95. The fourth-order valence-electron chi connectivity index (χ4n) is 2.39. The second-order valence-electron chi connectivity index (χ2n) is 5.75. The van der Waals surface area contributed by atoms with E-state index in [2.05, 4.69) is 26.1 Å². The van der Waals surface area contributed by atoms with Crippen molar-refractivity contribution in [2.75, 3.05) is 23.6 Å². The highest BCUT2D eigenvalue weighted by Crippen LogP contribution is 2.22. The zero-order valence-electron chi connectivity index (χ0n) is 15.1. The molecule has 0 atom stereocenters. The Kier molecular flexibility index (Phi) is 5.85. The van der Waals surface area contributed by atoms with Crippen molar-refractivity contribution in [3.63, 3.8) is 0 Å². The summed E-state index contributed by atoms with van der Waals surface area (Å²) in [6.45, 7) is 0.478. The van der Waals surface area contributed by atoms with Gasteiger partial charge in [0.15, 0.2) is 11.6 Å². The molecule has 8 nitrogen and oxygen atoms in total. The topological polar surface area (TPSA) is 114 Å². The third-order valence-electron chi connectivity index (χ3n) is 3.92. The highest BCUT2D eigenvalue weighted by atomic mass is 19.1. The van der Waals surface area contributed by atoms with Crippen molar-refractivity contribution < 1.29 is 13.9 Å². The molecule has 0 aliphatic carbocycles. The largest absolute Gasteiger partial charge is 0.497 e. The van der Waals surface area contributed by atoms with Crippen LogP contribution in [0.25, 0.3) is 0 Å². The van der Waals surface area contributed by atoms with E-state index in [-0.39, 0.29) is 17.1 Å². The van der Waals surface area contributed by atoms with Gasteiger partial charge in [0.05, 0.1) is 12.7 Å². The average molecular weight is 382 g/mol. The molecule has 9 heteroatoms. The number of hydrogen-bond donors (Lipinski definition) is 4. The Morgan fingerprint density at radius 3 is 2.54 bits per heavy atom. The molecule has 3 rings (SSSR count). The van der Waals surface area contributed by atoms with Crippen LogP contribution in [-0.4, -0.2) is 23.0 Å². The maximum atomic E-state index is 13.7. The van der Waals surface area contributed by atoms with Gasteiger partial charge in [-0.1, -0.05) is 24.3 Å². The van der Waals surface area contributed by atoms with E-state index < -0.39 is 11.7 Å². The minimum absolute atomic E-state index is 0.0968. The molecule has 3 aromatic rings. The maximum Gasteiger partial charge on any atom is 0.272 e. The van der Waals surface area contributed by atoms with E-state index in [1.165, 1.54) is 24.5 Å². The Bertz CT molecular complexity index is 965. The van der Waals surface area contributed by atoms with Crippen LogP contribution in [0.2, 0.25) is 0 Å². The van der Waals surface area contributed by atoms with E-state index in [1.807, 2.05) is 24.3 Å². The van der Waals surface area contributed by atoms with Crippen LogP contribution < -0.4 is 26.6 Å². The predicted molar refractivity (Wildman–Crippen MR) is 104 cm³/mol. The lowest BCUT2D eigenvalue weighted by Gasteiger charge is -2.13. The summed E-state index contributed by atoms with van der Waals surface area (Å²) >= 11 is 0. The normalized spacial score (nSPS) is 10.2. The standard InChI is InChI=1S/C19H19FN6O2/c1-28-13-8-6-12(7-9-13)10-22-17-16(21)18(24-11-23-17)25-26-19(27)14-4-2-3-5-15(14)20/h2-9,11H,10,21H2,1H3,(H,26,27)(H2,22,23,24,25). The van der Waals surface area contributed by atoms with E-state index in [4.69, 9.17) is 10.5 Å². The fraction of sp³-hybridized carbons (Fsp3) is 0.105. The van der Waals surface area contributed by atoms with Gasteiger partial charge < -0.3 is 15.8 Å². The number of carbonyl (C=O) groups is 1. The molecule has 0 saturated carbocycles. The van der Waals surface area contributed by atoms with Crippen LogP contribution >= 0.6 is 0 Å². The molecular formula is C19H19FN6O2. The van der Waals surface area contributed by atoms with Crippen molar-refractivity contribution in [1.82, 2.24) is 15.4 Å². The van der Waals surface area contributed by atoms with Crippen molar-refractivity contribution in [3.8, 4) is 5.75 Å². The lowest BCUT2D eigenvalue weighted by molar-refractivity contribution is 0.0958. The second kappa shape index (κ2) is 8.67. The number of nitrogens with two attached hydrogens (primary N) is 1. The van der Waals surface area contributed by atoms with Crippen LogP contribution in [0.15, 0.2) is 54.9 Å². The van der Waals surface area contributed by atoms with Gasteiger partial charge in [-0.3, -0.25) is 15.6 Å². The number of carbonyl (C=O) groups excluding carboxylic acids is 1. The average Bonchev–Trinajstić information content (AvgIpc) is 2.72. The van der Waals surface area contributed by atoms with E-state index in [0.717, 1.165) is 11.3 Å². The highest BCUT2D eigenvalue weighted by Gasteiger charge is 2.12. The molecule has 0 fully saturated rings. The third kappa shape index (κ3) is 4.44. The number of hydrazine groups is 1. The van der Waals surface area contributed by atoms with Gasteiger partial charge in [-0.25, -0.2) is 14.4 Å². The van der Waals surface area contributed by atoms with Gasteiger partial charge in [0.25, 0.3) is 5.91 Å². The first-order chi connectivity index (χ1) is 13.6. The van der Waals surface area contributed by atoms with Crippen molar-refractivity contribution in [1.29, 1.82) is 0 Å². The molecule has 0 bridgehead atoms. The number of methoxy groups -OCH3 is 1. The number of aromatic nitrogens is 2. The summed E-state index contributed by atoms with van der Waals surface area (Å²) in [6, 6.07) is 13.2. The summed E-state index contributed by atoms with van der Waals surface area (Å²) in [5, 5.41) is 3.11. The number of nitrogens with zero attached hydrogens (tertiary/aromatic N) is 2. The fourth-order valence-corrected chi connectivity index (χ4v) is 2.39. The Morgan fingerprint density at radius 2 is 1.82 bits per heavy atom. The number of nitrogen functional groups attached to an aromatic ring is 1. The quantitative estimate of drug-likeness (QED) is 0.464. The van der Waals surface area contributed by atoms with Crippen LogP contribution in [-0.2, 0) is 6.54 Å². The number of halogens is 1. The number of amides is 1. The van der Waals surface area contributed by atoms with Gasteiger partial charge in [0, 0.05) is 6.54 Å². The molecule has 0 unspecified atom stereocenters. The number of ether oxygens (including phenoxy) is 1. The zero-order chi connectivity index (χ0) is 19.9. The van der Waals surface area contributed by atoms with Crippen LogP contribution in [0.3, 0.4) is 0 Å². The Balaban J connectivity index is 1.63. The molecular weight excluding hydrogens is 363 g/mol. The molecule has 2 aromatic carbocycles. The van der Waals surface area contributed by atoms with Gasteiger partial charge in [-0.2, -0.15) is 0 Å². The molecule has 0 radical (unpaired) electrons. The summed E-state index contributed by atoms with van der Waals surface area (Å²) in [7, 11) is 1.61. The summed E-state index contributed by atoms with van der Waals surface area (Å²) in [5.74, 6) is 0.0796. The minimum Gasteiger partial charge on any atom is -0.497 e. The van der Waals surface area contributed by atoms with Crippen molar-refractivity contribution in [2.45, 2.75) is 6.54 Å². The van der Waals surface area contributed by atoms with Crippen molar-refractivity contribution in [3.05, 3.63) is 71.8 Å². The van der Waals surface area contributed by atoms with Gasteiger partial charge in [-0.15, -0.1) is 0 Å². The number of benzene rings is 2. The molecule has 0 saturated heterocycles. The Hall–Kier alpha value is -3.88. The second-order valence-corrected chi connectivity index (χ2v) is 5.75. The van der Waals surface area contributed by atoms with E-state index in [1.54, 1.807) is 13.2 Å². The van der Waals surface area contributed by atoms with E-state index in [0.29, 0.717) is 12.4 Å². The van der Waals surface area contributed by atoms with Gasteiger partial charge in [0.2, 0.25) is 0 Å². The van der Waals surface area contributed by atoms with Crippen molar-refractivity contribution >= 4 is 23.2 Å². The first kappa shape index (κ1) is 18.9. The Labute approximate surface area is 160 Å². The number of anilines is 3. The molecule has 0 aliphatic heterocycles. The van der Waals surface area contributed by atoms with E-state index in [9.17, 15) is 9.18 Å². The number of rotatable bonds is 7. The van der Waals surface area contributed by atoms with E-state index >= 15 is 0 Å². The number of nitrogens with one attached hydrogen (secondary N) is 3. The molecule has 1 heterocycles. The molecule has 1 amide bonds. The molecule has 1 aromatic heterocycles. The van der Waals surface area contributed by atoms with Gasteiger partial charge in [-0.05, 0) is 29.8 Å². The summed E-state index contributed by atoms with van der Waals surface area (Å²) in [6.07, 6.45) is 1.30. The molecule has 28 heavy (non-hydrogen) atoms. The van der Waals surface area contributed by atoms with Crippen LogP contribution in [0.4, 0.5) is 21.7 Å². The lowest BCUT2D eigenvalue weighted by atomic mass is 10.2. The lowest BCUT2D eigenvalue weighted by Crippen LogP contribution is -2.31. The first-order valence-electron chi connectivity index (χ1n) is 8.36. The first-order valence-corrected chi connectivity index (χ1v) is 8.36. The van der Waals surface area contributed by atoms with Crippen LogP contribution in [0.1, 0.15) is 15.9 Å². The summed E-state index contributed by atoms with van der Waals surface area (Å²) in [5.41, 5.74) is 12.1. The van der Waals surface area contributed by atoms with Gasteiger partial charge >= 0.3 is 0 Å². The smallest absolute Gasteiger partial charge is 0.272 e. The summed E-state index contributed by atoms with van der Waals surface area (Å²) in [4.78, 5) is 20.2. The van der Waals surface area contributed by atoms with Crippen molar-refractivity contribution in [2.24, 2.45) is 0 Å². The van der Waals surface area contributed by atoms with Gasteiger partial charge in [0.1, 0.15) is 23.6 Å². The zero-order valence-corrected chi connectivity index (χ0v) is 15.1. The summed E-state index contributed by atoms with van der Waals surface area (Å²) < 4.78 is 18.8. The molecule has 5 N–H and O–H groups in total. The van der Waals surface area contributed by atoms with Crippen LogP contribution in [0.5, 0.6) is 5.75 Å². The minimum atomic E-state index is -0.649. The SMILES string of the molecule is COc1ccc(CNc2ncnc(NNC(=O)c3ccccc3F)c2N)cc1. The molecule has 0 spiro atoms. The Morgan fingerprint density at radius 1 is 1.11 bits per heavy atom. The molecule has 144 valence electrons. The predicted octanol–water partition coefficient (Wildman–Crippen LogP) is 2.58. The molecule has 0 aliphatic rings. The monoisotopic (exact) mass is 382 g/mol. The third-order valence-corrected chi connectivity index (χ3v) is 3.92. The van der Waals surface area contributed by atoms with Crippen LogP contribution in [0, 0.1) is 5.82 Å².